The molecule has 0 aliphatic rings. The van der Waals surface area contributed by atoms with Crippen molar-refractivity contribution in [2.24, 2.45) is 0 Å². The second-order valence-corrected chi connectivity index (χ2v) is 4.08. The Hall–Kier alpha value is -1.73. The predicted molar refractivity (Wildman–Crippen MR) is 66.6 cm³/mol. The van der Waals surface area contributed by atoms with Crippen molar-refractivity contribution in [3.8, 4) is 0 Å². The number of hydrogen-bond donors (Lipinski definition) is 2. The zero-order chi connectivity index (χ0) is 12.1. The fraction of sp³-hybridized carbons (Fsp3) is 0.300. The first-order valence-corrected chi connectivity index (χ1v) is 5.95. The minimum Gasteiger partial charge on any atom is -0.384 e. The lowest BCUT2D eigenvalue weighted by atomic mass is 10.4. The number of hydrogen-bond acceptors (Lipinski definition) is 7. The van der Waals surface area contributed by atoms with Gasteiger partial charge in [0.1, 0.15) is 18.2 Å². The Morgan fingerprint density at radius 3 is 3.06 bits per heavy atom. The zero-order valence-electron chi connectivity index (χ0n) is 9.38. The second kappa shape index (κ2) is 5.55. The third kappa shape index (κ3) is 3.36. The number of aromatic nitrogens is 3. The van der Waals surface area contributed by atoms with E-state index in [4.69, 9.17) is 10.5 Å². The molecule has 17 heavy (non-hydrogen) atoms. The number of rotatable bonds is 5. The highest BCUT2D eigenvalue weighted by Crippen LogP contribution is 2.10. The van der Waals surface area contributed by atoms with Crippen LogP contribution in [0.4, 0.5) is 11.6 Å². The monoisotopic (exact) mass is 251 g/mol. The zero-order valence-corrected chi connectivity index (χ0v) is 10.2. The molecule has 2 rings (SSSR count). The lowest BCUT2D eigenvalue weighted by Crippen LogP contribution is -2.07. The molecule has 0 spiro atoms. The summed E-state index contributed by atoms with van der Waals surface area (Å²) in [6, 6.07) is 1.69. The Morgan fingerprint density at radius 2 is 2.35 bits per heavy atom. The summed E-state index contributed by atoms with van der Waals surface area (Å²) in [4.78, 5) is 12.5. The topological polar surface area (TPSA) is 86.0 Å². The third-order valence-electron chi connectivity index (χ3n) is 2.00. The summed E-state index contributed by atoms with van der Waals surface area (Å²) in [5.74, 6) is 1.67. The van der Waals surface area contributed by atoms with Crippen LogP contribution in [0.5, 0.6) is 0 Å². The van der Waals surface area contributed by atoms with E-state index in [1.807, 2.05) is 5.38 Å². The lowest BCUT2D eigenvalue weighted by molar-refractivity contribution is 0.178. The van der Waals surface area contributed by atoms with E-state index >= 15 is 0 Å². The second-order valence-electron chi connectivity index (χ2n) is 3.36. The van der Waals surface area contributed by atoms with Gasteiger partial charge in [0.2, 0.25) is 0 Å². The van der Waals surface area contributed by atoms with Crippen LogP contribution in [0.15, 0.2) is 17.0 Å². The Labute approximate surface area is 103 Å². The molecule has 0 saturated carbocycles. The van der Waals surface area contributed by atoms with Crippen LogP contribution in [-0.4, -0.2) is 22.1 Å². The highest BCUT2D eigenvalue weighted by atomic mass is 32.1. The molecule has 2 aromatic heterocycles. The minimum absolute atomic E-state index is 0.344. The Balaban J connectivity index is 2.04. The number of ether oxygens (including phenoxy) is 1. The summed E-state index contributed by atoms with van der Waals surface area (Å²) in [6.07, 6.45) is 0. The summed E-state index contributed by atoms with van der Waals surface area (Å²) >= 11 is 1.56. The first-order chi connectivity index (χ1) is 8.28. The van der Waals surface area contributed by atoms with Gasteiger partial charge in [-0.1, -0.05) is 0 Å². The standard InChI is InChI=1S/C10H13N5OS/c1-16-4-10-14-8(11)2-9(15-10)12-3-7-5-17-6-13-7/h2,5-6H,3-4H2,1H3,(H3,11,12,14,15). The van der Waals surface area contributed by atoms with E-state index in [-0.39, 0.29) is 0 Å². The molecule has 0 aliphatic heterocycles. The van der Waals surface area contributed by atoms with E-state index in [1.54, 1.807) is 30.0 Å². The van der Waals surface area contributed by atoms with Gasteiger partial charge in [-0.05, 0) is 0 Å². The molecule has 90 valence electrons. The Morgan fingerprint density at radius 1 is 1.47 bits per heavy atom. The number of thiazole rings is 1. The first-order valence-electron chi connectivity index (χ1n) is 5.01. The summed E-state index contributed by atoms with van der Waals surface area (Å²) in [7, 11) is 1.59. The summed E-state index contributed by atoms with van der Waals surface area (Å²) in [5, 5.41) is 5.12. The lowest BCUT2D eigenvalue weighted by Gasteiger charge is -2.06. The van der Waals surface area contributed by atoms with Crippen LogP contribution in [0.1, 0.15) is 11.5 Å². The van der Waals surface area contributed by atoms with Crippen LogP contribution in [0.2, 0.25) is 0 Å². The molecule has 0 aromatic carbocycles. The quantitative estimate of drug-likeness (QED) is 0.832. The van der Waals surface area contributed by atoms with E-state index in [9.17, 15) is 0 Å². The molecule has 0 amide bonds. The molecule has 2 aromatic rings. The molecule has 0 saturated heterocycles. The summed E-state index contributed by atoms with van der Waals surface area (Å²) in [6.45, 7) is 0.961. The largest absolute Gasteiger partial charge is 0.384 e. The van der Waals surface area contributed by atoms with Gasteiger partial charge in [-0.2, -0.15) is 0 Å². The van der Waals surface area contributed by atoms with E-state index in [2.05, 4.69) is 20.3 Å². The highest BCUT2D eigenvalue weighted by Gasteiger charge is 2.03. The van der Waals surface area contributed by atoms with Crippen LogP contribution in [0, 0.1) is 0 Å². The van der Waals surface area contributed by atoms with Crippen molar-refractivity contribution in [2.45, 2.75) is 13.2 Å². The average molecular weight is 251 g/mol. The maximum Gasteiger partial charge on any atom is 0.158 e. The molecule has 0 unspecified atom stereocenters. The molecule has 7 heteroatoms. The van der Waals surface area contributed by atoms with Crippen molar-refractivity contribution >= 4 is 23.0 Å². The average Bonchev–Trinajstić information content (AvgIpc) is 2.79. The molecule has 0 atom stereocenters. The van der Waals surface area contributed by atoms with Crippen molar-refractivity contribution in [1.82, 2.24) is 15.0 Å². The smallest absolute Gasteiger partial charge is 0.158 e. The van der Waals surface area contributed by atoms with Crippen molar-refractivity contribution in [3.63, 3.8) is 0 Å². The van der Waals surface area contributed by atoms with Gasteiger partial charge in [0.25, 0.3) is 0 Å². The normalized spacial score (nSPS) is 10.4. The van der Waals surface area contributed by atoms with Gasteiger partial charge in [0.15, 0.2) is 5.82 Å². The number of nitrogens with one attached hydrogen (secondary N) is 1. The minimum atomic E-state index is 0.344. The van der Waals surface area contributed by atoms with Gasteiger partial charge in [-0.15, -0.1) is 11.3 Å². The Bertz CT molecular complexity index is 474. The molecule has 0 fully saturated rings. The van der Waals surface area contributed by atoms with Gasteiger partial charge in [0.05, 0.1) is 17.7 Å². The fourth-order valence-corrected chi connectivity index (χ4v) is 1.87. The van der Waals surface area contributed by atoms with Crippen molar-refractivity contribution in [2.75, 3.05) is 18.2 Å². The van der Waals surface area contributed by atoms with Gasteiger partial charge in [-0.25, -0.2) is 15.0 Å². The van der Waals surface area contributed by atoms with Crippen LogP contribution < -0.4 is 11.1 Å². The molecule has 6 nitrogen and oxygen atoms in total. The van der Waals surface area contributed by atoms with E-state index in [1.165, 1.54) is 0 Å². The van der Waals surface area contributed by atoms with E-state index < -0.39 is 0 Å². The number of nitrogens with zero attached hydrogens (tertiary/aromatic N) is 3. The molecule has 3 N–H and O–H groups in total. The highest BCUT2D eigenvalue weighted by molar-refractivity contribution is 7.07. The molecule has 0 bridgehead atoms. The van der Waals surface area contributed by atoms with Crippen LogP contribution in [0.3, 0.4) is 0 Å². The van der Waals surface area contributed by atoms with Crippen LogP contribution in [0.25, 0.3) is 0 Å². The fourth-order valence-electron chi connectivity index (χ4n) is 1.31. The number of nitrogens with two attached hydrogens (primary N) is 1. The van der Waals surface area contributed by atoms with Crippen LogP contribution in [-0.2, 0) is 17.9 Å². The first kappa shape index (κ1) is 11.7. The van der Waals surface area contributed by atoms with Gasteiger partial charge in [-0.3, -0.25) is 0 Å². The van der Waals surface area contributed by atoms with Gasteiger partial charge in [0, 0.05) is 18.6 Å². The Kier molecular flexibility index (Phi) is 3.84. The number of anilines is 2. The van der Waals surface area contributed by atoms with E-state index in [0.717, 1.165) is 5.69 Å². The molecular formula is C10H13N5OS. The SMILES string of the molecule is COCc1nc(N)cc(NCc2cscn2)n1. The molecule has 2 heterocycles. The third-order valence-corrected chi connectivity index (χ3v) is 2.64. The predicted octanol–water partition coefficient (Wildman–Crippen LogP) is 1.27. The maximum absolute atomic E-state index is 5.68. The van der Waals surface area contributed by atoms with Crippen molar-refractivity contribution < 1.29 is 4.74 Å². The summed E-state index contributed by atoms with van der Waals surface area (Å²) in [5.41, 5.74) is 8.44. The molecular weight excluding hydrogens is 238 g/mol. The molecule has 0 aliphatic carbocycles. The number of nitrogen functional groups attached to an aromatic ring is 1. The molecule has 0 radical (unpaired) electrons. The van der Waals surface area contributed by atoms with Gasteiger partial charge < -0.3 is 15.8 Å². The van der Waals surface area contributed by atoms with Gasteiger partial charge >= 0.3 is 0 Å². The van der Waals surface area contributed by atoms with E-state index in [0.29, 0.717) is 30.6 Å². The maximum atomic E-state index is 5.68. The van der Waals surface area contributed by atoms with Crippen molar-refractivity contribution in [3.05, 3.63) is 28.5 Å². The van der Waals surface area contributed by atoms with Crippen molar-refractivity contribution in [1.29, 1.82) is 0 Å². The number of methoxy groups -OCH3 is 1. The van der Waals surface area contributed by atoms with Crippen LogP contribution >= 0.6 is 11.3 Å². The summed E-state index contributed by atoms with van der Waals surface area (Å²) < 4.78 is 4.97.